The van der Waals surface area contributed by atoms with E-state index in [0.29, 0.717) is 24.2 Å². The second kappa shape index (κ2) is 5.94. The van der Waals surface area contributed by atoms with Crippen molar-refractivity contribution in [2.24, 2.45) is 5.92 Å². The van der Waals surface area contributed by atoms with E-state index in [1.807, 2.05) is 4.90 Å². The van der Waals surface area contributed by atoms with Crippen LogP contribution < -0.4 is 0 Å². The molecule has 0 radical (unpaired) electrons. The molecule has 1 aromatic rings. The highest BCUT2D eigenvalue weighted by Crippen LogP contribution is 2.38. The van der Waals surface area contributed by atoms with Crippen molar-refractivity contribution in [2.45, 2.75) is 57.8 Å². The smallest absolute Gasteiger partial charge is 0.226 e. The van der Waals surface area contributed by atoms with Gasteiger partial charge in [0, 0.05) is 31.8 Å². The lowest BCUT2D eigenvalue weighted by molar-refractivity contribution is -0.133. The van der Waals surface area contributed by atoms with Gasteiger partial charge in [-0.15, -0.1) is 0 Å². The van der Waals surface area contributed by atoms with Crippen LogP contribution in [0.2, 0.25) is 0 Å². The number of piperidine rings is 1. The maximum absolute atomic E-state index is 12.0. The van der Waals surface area contributed by atoms with E-state index < -0.39 is 0 Å². The highest BCUT2D eigenvalue weighted by molar-refractivity contribution is 5.76. The first kappa shape index (κ1) is 13.6. The van der Waals surface area contributed by atoms with Gasteiger partial charge >= 0.3 is 0 Å². The van der Waals surface area contributed by atoms with Crippen LogP contribution in [0.1, 0.15) is 63.1 Å². The Labute approximate surface area is 119 Å². The second-order valence-electron chi connectivity index (χ2n) is 6.12. The van der Waals surface area contributed by atoms with Crippen LogP contribution in [-0.4, -0.2) is 34.0 Å². The summed E-state index contributed by atoms with van der Waals surface area (Å²) in [7, 11) is 0. The molecule has 0 aromatic carbocycles. The summed E-state index contributed by atoms with van der Waals surface area (Å²) in [5.74, 6) is 2.94. The minimum Gasteiger partial charge on any atom is -0.342 e. The van der Waals surface area contributed by atoms with E-state index in [2.05, 4.69) is 17.1 Å². The number of aromatic nitrogens is 2. The van der Waals surface area contributed by atoms with Crippen LogP contribution >= 0.6 is 0 Å². The normalized spacial score (nSPS) is 23.1. The van der Waals surface area contributed by atoms with E-state index in [0.717, 1.165) is 50.5 Å². The first-order valence-electron chi connectivity index (χ1n) is 7.86. The van der Waals surface area contributed by atoms with Crippen molar-refractivity contribution >= 4 is 5.91 Å². The third kappa shape index (κ3) is 3.19. The molecule has 5 nitrogen and oxygen atoms in total. The summed E-state index contributed by atoms with van der Waals surface area (Å²) in [5.41, 5.74) is 0. The zero-order valence-corrected chi connectivity index (χ0v) is 12.2. The number of likely N-dealkylation sites (tertiary alicyclic amines) is 1. The number of hydrogen-bond donors (Lipinski definition) is 0. The van der Waals surface area contributed by atoms with E-state index in [4.69, 9.17) is 4.52 Å². The topological polar surface area (TPSA) is 59.2 Å². The Balaban J connectivity index is 1.54. The van der Waals surface area contributed by atoms with E-state index in [1.165, 1.54) is 12.8 Å². The average molecular weight is 277 g/mol. The number of hydrogen-bond acceptors (Lipinski definition) is 4. The Morgan fingerprint density at radius 1 is 1.40 bits per heavy atom. The molecule has 20 heavy (non-hydrogen) atoms. The van der Waals surface area contributed by atoms with Crippen LogP contribution in [0.4, 0.5) is 0 Å². The van der Waals surface area contributed by atoms with Crippen LogP contribution in [0.25, 0.3) is 0 Å². The van der Waals surface area contributed by atoms with Crippen molar-refractivity contribution in [3.8, 4) is 0 Å². The summed E-state index contributed by atoms with van der Waals surface area (Å²) in [4.78, 5) is 18.5. The minimum atomic E-state index is 0.293. The van der Waals surface area contributed by atoms with E-state index in [9.17, 15) is 4.79 Å². The van der Waals surface area contributed by atoms with Crippen molar-refractivity contribution in [3.63, 3.8) is 0 Å². The molecule has 0 bridgehead atoms. The molecule has 5 heteroatoms. The van der Waals surface area contributed by atoms with Gasteiger partial charge < -0.3 is 9.42 Å². The van der Waals surface area contributed by atoms with Gasteiger partial charge in [-0.1, -0.05) is 12.1 Å². The molecule has 110 valence electrons. The van der Waals surface area contributed by atoms with Gasteiger partial charge in [-0.05, 0) is 38.0 Å². The molecule has 1 saturated heterocycles. The lowest BCUT2D eigenvalue weighted by Gasteiger charge is -2.32. The number of nitrogens with zero attached hydrogens (tertiary/aromatic N) is 3. The predicted octanol–water partition coefficient (Wildman–Crippen LogP) is 2.53. The molecule has 0 spiro atoms. The molecule has 2 heterocycles. The molecule has 1 atom stereocenters. The summed E-state index contributed by atoms with van der Waals surface area (Å²) < 4.78 is 5.35. The highest BCUT2D eigenvalue weighted by Gasteiger charge is 2.30. The van der Waals surface area contributed by atoms with Crippen molar-refractivity contribution in [1.82, 2.24) is 15.0 Å². The first-order valence-corrected chi connectivity index (χ1v) is 7.86. The van der Waals surface area contributed by atoms with Gasteiger partial charge in [-0.25, -0.2) is 0 Å². The molecule has 0 N–H and O–H groups in total. The van der Waals surface area contributed by atoms with Crippen LogP contribution in [0.3, 0.4) is 0 Å². The summed E-state index contributed by atoms with van der Waals surface area (Å²) in [6, 6.07) is 0. The lowest BCUT2D eigenvalue weighted by atomic mass is 9.94. The fourth-order valence-electron chi connectivity index (χ4n) is 2.94. The third-order valence-electron chi connectivity index (χ3n) is 4.23. The lowest BCUT2D eigenvalue weighted by Crippen LogP contribution is -2.40. The number of rotatable bonds is 5. The first-order chi connectivity index (χ1) is 9.76. The molecule has 1 saturated carbocycles. The van der Waals surface area contributed by atoms with Gasteiger partial charge in [-0.3, -0.25) is 4.79 Å². The fourth-order valence-corrected chi connectivity index (χ4v) is 2.94. The molecular weight excluding hydrogens is 254 g/mol. The Bertz CT molecular complexity index is 467. The number of carbonyl (C=O) groups is 1. The molecule has 3 rings (SSSR count). The van der Waals surface area contributed by atoms with Gasteiger partial charge in [0.15, 0.2) is 5.82 Å². The monoisotopic (exact) mass is 277 g/mol. The molecule has 1 aliphatic heterocycles. The zero-order valence-electron chi connectivity index (χ0n) is 12.2. The largest absolute Gasteiger partial charge is 0.342 e. The molecule has 1 unspecified atom stereocenters. The van der Waals surface area contributed by atoms with Crippen molar-refractivity contribution < 1.29 is 9.32 Å². The molecule has 1 aromatic heterocycles. The van der Waals surface area contributed by atoms with Crippen LogP contribution in [0, 0.1) is 5.92 Å². The number of carbonyl (C=O) groups excluding carboxylic acids is 1. The third-order valence-corrected chi connectivity index (χ3v) is 4.23. The SMILES string of the molecule is CCCC(=O)N1CCCC(Cc2nc(C3CC3)no2)C1. The van der Waals surface area contributed by atoms with Crippen LogP contribution in [-0.2, 0) is 11.2 Å². The van der Waals surface area contributed by atoms with Crippen LogP contribution in [0.5, 0.6) is 0 Å². The number of amides is 1. The molecule has 2 fully saturated rings. The highest BCUT2D eigenvalue weighted by atomic mass is 16.5. The van der Waals surface area contributed by atoms with Gasteiger partial charge in [0.05, 0.1) is 0 Å². The van der Waals surface area contributed by atoms with Crippen molar-refractivity contribution in [2.75, 3.05) is 13.1 Å². The van der Waals surface area contributed by atoms with Gasteiger partial charge in [-0.2, -0.15) is 4.98 Å². The Morgan fingerprint density at radius 3 is 3.00 bits per heavy atom. The quantitative estimate of drug-likeness (QED) is 0.829. The minimum absolute atomic E-state index is 0.293. The van der Waals surface area contributed by atoms with Gasteiger partial charge in [0.25, 0.3) is 0 Å². The fraction of sp³-hybridized carbons (Fsp3) is 0.800. The molecule has 1 amide bonds. The second-order valence-corrected chi connectivity index (χ2v) is 6.12. The average Bonchev–Trinajstić information content (AvgIpc) is 3.20. The Hall–Kier alpha value is -1.39. The summed E-state index contributed by atoms with van der Waals surface area (Å²) in [6.07, 6.45) is 7.04. The van der Waals surface area contributed by atoms with E-state index >= 15 is 0 Å². The molecular formula is C15H23N3O2. The van der Waals surface area contributed by atoms with Gasteiger partial charge in [0.2, 0.25) is 11.8 Å². The van der Waals surface area contributed by atoms with E-state index in [1.54, 1.807) is 0 Å². The van der Waals surface area contributed by atoms with Gasteiger partial charge in [0.1, 0.15) is 0 Å². The predicted molar refractivity (Wildman–Crippen MR) is 74.2 cm³/mol. The summed E-state index contributed by atoms with van der Waals surface area (Å²) >= 11 is 0. The molecule has 2 aliphatic rings. The van der Waals surface area contributed by atoms with Crippen molar-refractivity contribution in [3.05, 3.63) is 11.7 Å². The zero-order chi connectivity index (χ0) is 13.9. The summed E-state index contributed by atoms with van der Waals surface area (Å²) in [6.45, 7) is 3.81. The Morgan fingerprint density at radius 2 is 2.25 bits per heavy atom. The summed E-state index contributed by atoms with van der Waals surface area (Å²) in [5, 5.41) is 4.06. The maximum atomic E-state index is 12.0. The Kier molecular flexibility index (Phi) is 4.03. The maximum Gasteiger partial charge on any atom is 0.226 e. The van der Waals surface area contributed by atoms with Crippen LogP contribution in [0.15, 0.2) is 4.52 Å². The molecule has 1 aliphatic carbocycles. The standard InChI is InChI=1S/C15H23N3O2/c1-2-4-14(19)18-8-3-5-11(10-18)9-13-16-15(17-20-13)12-6-7-12/h11-12H,2-10H2,1H3. The van der Waals surface area contributed by atoms with E-state index in [-0.39, 0.29) is 0 Å². The van der Waals surface area contributed by atoms with Crippen molar-refractivity contribution in [1.29, 1.82) is 0 Å².